The summed E-state index contributed by atoms with van der Waals surface area (Å²) in [5.41, 5.74) is 4.39. The number of aromatic nitrogens is 1. The number of imide groups is 1. The molecule has 0 bridgehead atoms. The van der Waals surface area contributed by atoms with Crippen LogP contribution in [0.15, 0.2) is 36.5 Å². The molecule has 1 saturated heterocycles. The fourth-order valence-corrected chi connectivity index (χ4v) is 4.79. The number of rotatable bonds is 4. The second-order valence-corrected chi connectivity index (χ2v) is 9.04. The molecule has 1 N–H and O–H groups in total. The molecule has 3 aliphatic heterocycles. The molecular weight excluding hydrogens is 465 g/mol. The van der Waals surface area contributed by atoms with Crippen molar-refractivity contribution in [1.82, 2.24) is 25.2 Å². The van der Waals surface area contributed by atoms with Crippen molar-refractivity contribution >= 4 is 46.6 Å². The minimum Gasteiger partial charge on any atom is -0.295 e. The van der Waals surface area contributed by atoms with Gasteiger partial charge in [-0.05, 0) is 35.3 Å². The van der Waals surface area contributed by atoms with E-state index in [2.05, 4.69) is 21.3 Å². The Morgan fingerprint density at radius 2 is 1.88 bits per heavy atom. The highest BCUT2D eigenvalue weighted by Gasteiger charge is 2.36. The number of benzene rings is 1. The molecule has 4 amide bonds. The third-order valence-corrected chi connectivity index (χ3v) is 6.92. The Bertz CT molecular complexity index is 1200. The van der Waals surface area contributed by atoms with Gasteiger partial charge in [0.2, 0.25) is 5.91 Å². The van der Waals surface area contributed by atoms with Crippen molar-refractivity contribution in [3.05, 3.63) is 69.0 Å². The van der Waals surface area contributed by atoms with Gasteiger partial charge in [-0.15, -0.1) is 0 Å². The van der Waals surface area contributed by atoms with E-state index in [1.807, 2.05) is 18.2 Å². The van der Waals surface area contributed by atoms with Crippen LogP contribution in [0.4, 0.5) is 4.79 Å². The number of pyridine rings is 1. The van der Waals surface area contributed by atoms with Crippen LogP contribution in [0.2, 0.25) is 10.0 Å². The molecular formula is C23H21Cl2N5O3. The first-order chi connectivity index (χ1) is 15.9. The zero-order valence-corrected chi connectivity index (χ0v) is 19.2. The van der Waals surface area contributed by atoms with Gasteiger partial charge in [-0.3, -0.25) is 24.8 Å². The quantitative estimate of drug-likeness (QED) is 0.716. The van der Waals surface area contributed by atoms with Crippen LogP contribution in [0, 0.1) is 0 Å². The Balaban J connectivity index is 1.26. The number of nitrogens with zero attached hydrogens (tertiary/aromatic N) is 4. The molecule has 8 nitrogen and oxygen atoms in total. The molecule has 5 rings (SSSR count). The molecule has 1 aromatic carbocycles. The standard InChI is InChI=1S/C23H21Cl2N5O3/c24-18-3-7-26-21(20(18)25)15-4-8-28(9-5-15)12-14-1-2-17-16(11-14)13-30(22(17)32)29-10-6-19(31)27-23(29)33/h1-4,7,11H,5-6,8-10,12-13H2,(H,27,31,33). The van der Waals surface area contributed by atoms with Gasteiger partial charge < -0.3 is 0 Å². The van der Waals surface area contributed by atoms with Gasteiger partial charge in [0.05, 0.1) is 28.8 Å². The summed E-state index contributed by atoms with van der Waals surface area (Å²) in [5.74, 6) is -0.549. The fraction of sp³-hybridized carbons (Fsp3) is 0.304. The minimum absolute atomic E-state index is 0.178. The SMILES string of the molecule is O=C1CCN(N2Cc3cc(CN4CC=C(c5nccc(Cl)c5Cl)CC4)ccc3C2=O)C(=O)N1. The van der Waals surface area contributed by atoms with Crippen molar-refractivity contribution in [3.63, 3.8) is 0 Å². The molecule has 0 spiro atoms. The Hall–Kier alpha value is -2.94. The molecule has 170 valence electrons. The van der Waals surface area contributed by atoms with E-state index in [-0.39, 0.29) is 24.8 Å². The van der Waals surface area contributed by atoms with E-state index in [1.165, 1.54) is 10.0 Å². The van der Waals surface area contributed by atoms with Crippen LogP contribution in [-0.4, -0.2) is 57.4 Å². The second-order valence-electron chi connectivity index (χ2n) is 8.25. The van der Waals surface area contributed by atoms with Crippen molar-refractivity contribution in [2.75, 3.05) is 19.6 Å². The Morgan fingerprint density at radius 3 is 2.64 bits per heavy atom. The van der Waals surface area contributed by atoms with Gasteiger partial charge in [-0.2, -0.15) is 0 Å². The highest BCUT2D eigenvalue weighted by atomic mass is 35.5. The summed E-state index contributed by atoms with van der Waals surface area (Å²) in [5, 5.41) is 5.97. The van der Waals surface area contributed by atoms with E-state index in [0.717, 1.165) is 48.4 Å². The Morgan fingerprint density at radius 1 is 1.03 bits per heavy atom. The first kappa shape index (κ1) is 21.9. The van der Waals surface area contributed by atoms with Gasteiger partial charge in [0.15, 0.2) is 0 Å². The second kappa shape index (κ2) is 8.78. The molecule has 1 fully saturated rings. The fourth-order valence-electron chi connectivity index (χ4n) is 4.41. The van der Waals surface area contributed by atoms with Crippen molar-refractivity contribution in [2.45, 2.75) is 25.9 Å². The highest BCUT2D eigenvalue weighted by Crippen LogP contribution is 2.32. The lowest BCUT2D eigenvalue weighted by atomic mass is 10.0. The normalized spacial score (nSPS) is 19.0. The summed E-state index contributed by atoms with van der Waals surface area (Å²) in [6.07, 6.45) is 4.78. The molecule has 0 aliphatic carbocycles. The van der Waals surface area contributed by atoms with Gasteiger partial charge >= 0.3 is 6.03 Å². The summed E-state index contributed by atoms with van der Waals surface area (Å²) in [6, 6.07) is 6.92. The largest absolute Gasteiger partial charge is 0.342 e. The molecule has 3 aliphatic rings. The number of amides is 4. The first-order valence-corrected chi connectivity index (χ1v) is 11.4. The Labute approximate surface area is 200 Å². The number of fused-ring (bicyclic) bond motifs is 1. The van der Waals surface area contributed by atoms with E-state index >= 15 is 0 Å². The number of hydrogen-bond acceptors (Lipinski definition) is 5. The lowest BCUT2D eigenvalue weighted by molar-refractivity contribution is -0.123. The lowest BCUT2D eigenvalue weighted by Crippen LogP contribution is -2.56. The van der Waals surface area contributed by atoms with Crippen LogP contribution in [0.5, 0.6) is 0 Å². The third-order valence-electron chi connectivity index (χ3n) is 6.12. The van der Waals surface area contributed by atoms with Crippen LogP contribution >= 0.6 is 23.2 Å². The molecule has 33 heavy (non-hydrogen) atoms. The van der Waals surface area contributed by atoms with E-state index in [0.29, 0.717) is 22.2 Å². The maximum atomic E-state index is 12.8. The van der Waals surface area contributed by atoms with Crippen molar-refractivity contribution in [3.8, 4) is 0 Å². The number of hydrogen-bond donors (Lipinski definition) is 1. The molecule has 0 unspecified atom stereocenters. The summed E-state index contributed by atoms with van der Waals surface area (Å²) >= 11 is 12.4. The lowest BCUT2D eigenvalue weighted by Gasteiger charge is -2.33. The van der Waals surface area contributed by atoms with E-state index in [9.17, 15) is 14.4 Å². The van der Waals surface area contributed by atoms with Crippen LogP contribution in [0.3, 0.4) is 0 Å². The molecule has 2 aromatic rings. The number of nitrogens with one attached hydrogen (secondary N) is 1. The van der Waals surface area contributed by atoms with Crippen molar-refractivity contribution in [2.24, 2.45) is 0 Å². The van der Waals surface area contributed by atoms with E-state index < -0.39 is 6.03 Å². The average Bonchev–Trinajstić information content (AvgIpc) is 3.12. The zero-order valence-electron chi connectivity index (χ0n) is 17.7. The number of urea groups is 1. The molecule has 4 heterocycles. The topological polar surface area (TPSA) is 85.9 Å². The third kappa shape index (κ3) is 4.21. The maximum Gasteiger partial charge on any atom is 0.342 e. The number of carbonyl (C=O) groups excluding carboxylic acids is 3. The predicted molar refractivity (Wildman–Crippen MR) is 123 cm³/mol. The maximum absolute atomic E-state index is 12.8. The van der Waals surface area contributed by atoms with E-state index in [1.54, 1.807) is 12.3 Å². The number of carbonyl (C=O) groups is 3. The summed E-state index contributed by atoms with van der Waals surface area (Å²) in [6.45, 7) is 2.85. The molecule has 0 saturated carbocycles. The van der Waals surface area contributed by atoms with Gasteiger partial charge in [-0.25, -0.2) is 14.8 Å². The smallest absolute Gasteiger partial charge is 0.295 e. The minimum atomic E-state index is -0.558. The van der Waals surface area contributed by atoms with Crippen LogP contribution in [-0.2, 0) is 17.9 Å². The van der Waals surface area contributed by atoms with Gasteiger partial charge in [0.25, 0.3) is 5.91 Å². The summed E-state index contributed by atoms with van der Waals surface area (Å²) in [4.78, 5) is 43.1. The number of hydrazine groups is 1. The zero-order chi connectivity index (χ0) is 23.1. The van der Waals surface area contributed by atoms with Gasteiger partial charge in [0.1, 0.15) is 0 Å². The number of halogens is 2. The predicted octanol–water partition coefficient (Wildman–Crippen LogP) is 3.49. The molecule has 10 heteroatoms. The molecule has 1 aromatic heterocycles. The highest BCUT2D eigenvalue weighted by molar-refractivity contribution is 6.42. The molecule has 0 radical (unpaired) electrons. The summed E-state index contributed by atoms with van der Waals surface area (Å²) in [7, 11) is 0. The van der Waals surface area contributed by atoms with Crippen LogP contribution in [0.1, 0.15) is 40.0 Å². The summed E-state index contributed by atoms with van der Waals surface area (Å²) < 4.78 is 0. The van der Waals surface area contributed by atoms with Gasteiger partial charge in [-0.1, -0.05) is 41.4 Å². The van der Waals surface area contributed by atoms with Crippen molar-refractivity contribution in [1.29, 1.82) is 0 Å². The first-order valence-electron chi connectivity index (χ1n) is 10.7. The molecule has 0 atom stereocenters. The van der Waals surface area contributed by atoms with Gasteiger partial charge in [0, 0.05) is 37.8 Å². The van der Waals surface area contributed by atoms with Crippen LogP contribution < -0.4 is 5.32 Å². The van der Waals surface area contributed by atoms with E-state index in [4.69, 9.17) is 23.2 Å². The average molecular weight is 486 g/mol. The monoisotopic (exact) mass is 485 g/mol. The Kier molecular flexibility index (Phi) is 5.82. The van der Waals surface area contributed by atoms with Crippen LogP contribution in [0.25, 0.3) is 5.57 Å². The van der Waals surface area contributed by atoms with Crippen molar-refractivity contribution < 1.29 is 14.4 Å².